The number of aryl methyl sites for hydroxylation is 1. The molecule has 6 nitrogen and oxygen atoms in total. The van der Waals surface area contributed by atoms with E-state index in [4.69, 9.17) is 4.42 Å². The number of nitrogens with one attached hydrogen (secondary N) is 1. The molecule has 2 heterocycles. The van der Waals surface area contributed by atoms with E-state index in [9.17, 15) is 4.79 Å². The molecule has 0 aliphatic carbocycles. The molecular formula is C16H16N4O2S. The van der Waals surface area contributed by atoms with E-state index in [1.54, 1.807) is 13.3 Å². The summed E-state index contributed by atoms with van der Waals surface area (Å²) in [6.07, 6.45) is 1.63. The summed E-state index contributed by atoms with van der Waals surface area (Å²) in [7, 11) is 1.62. The molecule has 118 valence electrons. The highest BCUT2D eigenvalue weighted by atomic mass is 32.2. The predicted octanol–water partition coefficient (Wildman–Crippen LogP) is 2.67. The Labute approximate surface area is 137 Å². The van der Waals surface area contributed by atoms with Gasteiger partial charge in [-0.3, -0.25) is 9.36 Å². The van der Waals surface area contributed by atoms with E-state index in [2.05, 4.69) is 15.5 Å². The Morgan fingerprint density at radius 3 is 2.70 bits per heavy atom. The maximum atomic E-state index is 11.5. The summed E-state index contributed by atoms with van der Waals surface area (Å²) >= 11 is 1.35. The van der Waals surface area contributed by atoms with Gasteiger partial charge in [0.25, 0.3) is 0 Å². The van der Waals surface area contributed by atoms with Crippen LogP contribution >= 0.6 is 11.8 Å². The van der Waals surface area contributed by atoms with E-state index in [-0.39, 0.29) is 11.7 Å². The van der Waals surface area contributed by atoms with Gasteiger partial charge in [0.1, 0.15) is 5.76 Å². The van der Waals surface area contributed by atoms with Crippen molar-refractivity contribution in [2.75, 3.05) is 12.8 Å². The fourth-order valence-corrected chi connectivity index (χ4v) is 2.99. The normalized spacial score (nSPS) is 10.7. The third-order valence-electron chi connectivity index (χ3n) is 3.36. The van der Waals surface area contributed by atoms with E-state index < -0.39 is 0 Å². The first-order valence-electron chi connectivity index (χ1n) is 7.09. The van der Waals surface area contributed by atoms with Crippen LogP contribution in [0.25, 0.3) is 17.1 Å². The zero-order chi connectivity index (χ0) is 16.2. The van der Waals surface area contributed by atoms with Crippen LogP contribution in [-0.4, -0.2) is 33.5 Å². The van der Waals surface area contributed by atoms with Crippen molar-refractivity contribution in [2.45, 2.75) is 12.1 Å². The molecule has 0 radical (unpaired) electrons. The van der Waals surface area contributed by atoms with Crippen molar-refractivity contribution in [3.8, 4) is 17.1 Å². The third-order valence-corrected chi connectivity index (χ3v) is 4.29. The largest absolute Gasteiger partial charge is 0.469 e. The summed E-state index contributed by atoms with van der Waals surface area (Å²) < 4.78 is 7.32. The second-order valence-corrected chi connectivity index (χ2v) is 5.77. The first-order chi connectivity index (χ1) is 11.2. The number of hydrogen-bond acceptors (Lipinski definition) is 5. The Morgan fingerprint density at radius 2 is 2.04 bits per heavy atom. The maximum absolute atomic E-state index is 11.5. The lowest BCUT2D eigenvalue weighted by Crippen LogP contribution is -2.20. The molecule has 0 aliphatic heterocycles. The number of aromatic nitrogens is 3. The summed E-state index contributed by atoms with van der Waals surface area (Å²) in [6.45, 7) is 1.89. The van der Waals surface area contributed by atoms with E-state index in [1.807, 2.05) is 47.9 Å². The van der Waals surface area contributed by atoms with Crippen LogP contribution in [0.3, 0.4) is 0 Å². The lowest BCUT2D eigenvalue weighted by Gasteiger charge is -2.09. The highest BCUT2D eigenvalue weighted by Crippen LogP contribution is 2.29. The van der Waals surface area contributed by atoms with Crippen LogP contribution in [0.5, 0.6) is 0 Å². The number of thioether (sulfide) groups is 1. The molecule has 0 fully saturated rings. The third kappa shape index (κ3) is 3.14. The second-order valence-electron chi connectivity index (χ2n) is 4.83. The summed E-state index contributed by atoms with van der Waals surface area (Å²) in [4.78, 5) is 11.5. The molecule has 0 spiro atoms. The molecule has 1 N–H and O–H groups in total. The lowest BCUT2D eigenvalue weighted by atomic mass is 10.2. The second kappa shape index (κ2) is 6.70. The molecule has 1 aromatic carbocycles. The van der Waals surface area contributed by atoms with Gasteiger partial charge in [0.15, 0.2) is 11.0 Å². The van der Waals surface area contributed by atoms with Crippen molar-refractivity contribution in [1.29, 1.82) is 0 Å². The average molecular weight is 328 g/mol. The van der Waals surface area contributed by atoms with Crippen molar-refractivity contribution in [1.82, 2.24) is 20.1 Å². The van der Waals surface area contributed by atoms with Gasteiger partial charge in [-0.1, -0.05) is 30.0 Å². The van der Waals surface area contributed by atoms with E-state index in [0.29, 0.717) is 11.0 Å². The van der Waals surface area contributed by atoms with Gasteiger partial charge in [0, 0.05) is 12.7 Å². The number of hydrogen-bond donors (Lipinski definition) is 1. The first-order valence-corrected chi connectivity index (χ1v) is 8.08. The van der Waals surface area contributed by atoms with E-state index in [0.717, 1.165) is 17.0 Å². The SMILES string of the molecule is CNC(=O)CSc1nnc(-c2ccoc2C)n1-c1ccccc1. The Hall–Kier alpha value is -2.54. The van der Waals surface area contributed by atoms with Gasteiger partial charge in [-0.25, -0.2) is 0 Å². The van der Waals surface area contributed by atoms with Crippen LogP contribution in [0, 0.1) is 6.92 Å². The van der Waals surface area contributed by atoms with Gasteiger partial charge < -0.3 is 9.73 Å². The predicted molar refractivity (Wildman–Crippen MR) is 88.6 cm³/mol. The van der Waals surface area contributed by atoms with Crippen molar-refractivity contribution >= 4 is 17.7 Å². The monoisotopic (exact) mass is 328 g/mol. The molecule has 0 aliphatic rings. The average Bonchev–Trinajstić information content (AvgIpc) is 3.19. The van der Waals surface area contributed by atoms with Crippen LogP contribution in [0.15, 0.2) is 52.2 Å². The Kier molecular flexibility index (Phi) is 4.47. The van der Waals surface area contributed by atoms with Crippen LogP contribution in [0.2, 0.25) is 0 Å². The zero-order valence-electron chi connectivity index (χ0n) is 12.8. The molecule has 3 aromatic rings. The summed E-state index contributed by atoms with van der Waals surface area (Å²) in [5.74, 6) is 1.70. The fraction of sp³-hybridized carbons (Fsp3) is 0.188. The van der Waals surface area contributed by atoms with Gasteiger partial charge in [0.05, 0.1) is 17.6 Å². The van der Waals surface area contributed by atoms with Gasteiger partial charge in [0.2, 0.25) is 5.91 Å². The number of para-hydroxylation sites is 1. The summed E-state index contributed by atoms with van der Waals surface area (Å²) in [5, 5.41) is 11.8. The molecule has 2 aromatic heterocycles. The topological polar surface area (TPSA) is 73.0 Å². The number of carbonyl (C=O) groups is 1. The van der Waals surface area contributed by atoms with Crippen LogP contribution in [-0.2, 0) is 4.79 Å². The zero-order valence-corrected chi connectivity index (χ0v) is 13.6. The van der Waals surface area contributed by atoms with Gasteiger partial charge in [-0.05, 0) is 25.1 Å². The lowest BCUT2D eigenvalue weighted by molar-refractivity contribution is -0.118. The van der Waals surface area contributed by atoms with Crippen molar-refractivity contribution in [3.05, 3.63) is 48.4 Å². The fourth-order valence-electron chi connectivity index (χ4n) is 2.17. The minimum absolute atomic E-state index is 0.0568. The van der Waals surface area contributed by atoms with E-state index >= 15 is 0 Å². The molecule has 1 amide bonds. The number of carbonyl (C=O) groups excluding carboxylic acids is 1. The maximum Gasteiger partial charge on any atom is 0.230 e. The van der Waals surface area contributed by atoms with Crippen LogP contribution in [0.1, 0.15) is 5.76 Å². The molecule has 0 bridgehead atoms. The van der Waals surface area contributed by atoms with Gasteiger partial charge in [-0.15, -0.1) is 10.2 Å². The number of nitrogens with zero attached hydrogens (tertiary/aromatic N) is 3. The Balaban J connectivity index is 2.06. The number of amides is 1. The van der Waals surface area contributed by atoms with E-state index in [1.165, 1.54) is 11.8 Å². The number of furan rings is 1. The van der Waals surface area contributed by atoms with Gasteiger partial charge >= 0.3 is 0 Å². The molecule has 0 unspecified atom stereocenters. The molecule has 0 saturated carbocycles. The highest BCUT2D eigenvalue weighted by Gasteiger charge is 2.19. The standard InChI is InChI=1S/C16H16N4O2S/c1-11-13(8-9-22-11)15-18-19-16(23-10-14(21)17-2)20(15)12-6-4-3-5-7-12/h3-9H,10H2,1-2H3,(H,17,21). The summed E-state index contributed by atoms with van der Waals surface area (Å²) in [6, 6.07) is 11.7. The molecule has 23 heavy (non-hydrogen) atoms. The minimum atomic E-state index is -0.0568. The Morgan fingerprint density at radius 1 is 1.26 bits per heavy atom. The summed E-state index contributed by atoms with van der Waals surface area (Å²) in [5.41, 5.74) is 1.82. The first kappa shape index (κ1) is 15.4. The minimum Gasteiger partial charge on any atom is -0.469 e. The van der Waals surface area contributed by atoms with Crippen LogP contribution < -0.4 is 5.32 Å². The van der Waals surface area contributed by atoms with Gasteiger partial charge in [-0.2, -0.15) is 0 Å². The molecule has 7 heteroatoms. The number of benzene rings is 1. The quantitative estimate of drug-likeness (QED) is 0.729. The molecule has 0 saturated heterocycles. The molecule has 3 rings (SSSR count). The smallest absolute Gasteiger partial charge is 0.230 e. The Bertz CT molecular complexity index is 811. The molecule has 0 atom stereocenters. The van der Waals surface area contributed by atoms with Crippen molar-refractivity contribution in [3.63, 3.8) is 0 Å². The van der Waals surface area contributed by atoms with Crippen molar-refractivity contribution in [2.24, 2.45) is 0 Å². The highest BCUT2D eigenvalue weighted by molar-refractivity contribution is 7.99. The van der Waals surface area contributed by atoms with Crippen LogP contribution in [0.4, 0.5) is 0 Å². The van der Waals surface area contributed by atoms with Crippen molar-refractivity contribution < 1.29 is 9.21 Å². The number of rotatable bonds is 5. The molecular weight excluding hydrogens is 312 g/mol.